The molecule has 0 atom stereocenters. The van der Waals surface area contributed by atoms with Crippen LogP contribution in [0.5, 0.6) is 0 Å². The van der Waals surface area contributed by atoms with Gasteiger partial charge in [0.2, 0.25) is 5.91 Å². The molecule has 1 N–H and O–H groups in total. The summed E-state index contributed by atoms with van der Waals surface area (Å²) in [5, 5.41) is 3.00. The van der Waals surface area contributed by atoms with Crippen LogP contribution in [0, 0.1) is 5.92 Å². The summed E-state index contributed by atoms with van der Waals surface area (Å²) in [5.41, 5.74) is -0.116. The minimum atomic E-state index is -0.116. The Kier molecular flexibility index (Phi) is 3.50. The van der Waals surface area contributed by atoms with Crippen molar-refractivity contribution in [3.63, 3.8) is 0 Å². The van der Waals surface area contributed by atoms with E-state index in [0.717, 1.165) is 32.2 Å². The predicted octanol–water partition coefficient (Wildman–Crippen LogP) is 0.623. The highest BCUT2D eigenvalue weighted by atomic mass is 16.5. The van der Waals surface area contributed by atoms with E-state index in [0.29, 0.717) is 6.54 Å². The highest BCUT2D eigenvalue weighted by Gasteiger charge is 2.28. The van der Waals surface area contributed by atoms with E-state index in [2.05, 4.69) is 24.1 Å². The Morgan fingerprint density at radius 1 is 1.50 bits per heavy atom. The molecule has 92 valence electrons. The summed E-state index contributed by atoms with van der Waals surface area (Å²) < 4.78 is 5.61. The zero-order valence-electron chi connectivity index (χ0n) is 10.3. The number of nitrogens with one attached hydrogen (secondary N) is 1. The first-order valence-electron chi connectivity index (χ1n) is 6.18. The smallest absolute Gasteiger partial charge is 0.234 e. The van der Waals surface area contributed by atoms with E-state index in [9.17, 15) is 4.79 Å². The van der Waals surface area contributed by atoms with Crippen LogP contribution in [-0.4, -0.2) is 49.2 Å². The molecule has 1 saturated heterocycles. The van der Waals surface area contributed by atoms with Crippen LogP contribution in [0.15, 0.2) is 0 Å². The highest BCUT2D eigenvalue weighted by Crippen LogP contribution is 2.27. The monoisotopic (exact) mass is 226 g/mol. The Morgan fingerprint density at radius 2 is 2.25 bits per heavy atom. The molecule has 0 spiro atoms. The van der Waals surface area contributed by atoms with Crippen LogP contribution in [0.3, 0.4) is 0 Å². The molecule has 1 aliphatic carbocycles. The number of nitrogens with zero attached hydrogens (tertiary/aromatic N) is 1. The molecular formula is C12H22N2O2. The molecule has 1 aliphatic heterocycles. The molecule has 2 fully saturated rings. The summed E-state index contributed by atoms with van der Waals surface area (Å²) in [6, 6.07) is 0. The lowest BCUT2D eigenvalue weighted by Gasteiger charge is -2.37. The van der Waals surface area contributed by atoms with E-state index >= 15 is 0 Å². The van der Waals surface area contributed by atoms with Crippen LogP contribution in [0.2, 0.25) is 0 Å². The van der Waals surface area contributed by atoms with Gasteiger partial charge in [-0.15, -0.1) is 0 Å². The molecule has 2 rings (SSSR count). The number of hydrogen-bond donors (Lipinski definition) is 1. The van der Waals surface area contributed by atoms with Crippen molar-refractivity contribution in [2.24, 2.45) is 5.92 Å². The molecule has 1 saturated carbocycles. The van der Waals surface area contributed by atoms with E-state index in [1.807, 2.05) is 0 Å². The quantitative estimate of drug-likeness (QED) is 0.764. The van der Waals surface area contributed by atoms with Crippen LogP contribution in [0.25, 0.3) is 0 Å². The lowest BCUT2D eigenvalue weighted by atomic mass is 10.1. The van der Waals surface area contributed by atoms with E-state index in [4.69, 9.17) is 4.74 Å². The van der Waals surface area contributed by atoms with Crippen LogP contribution in [-0.2, 0) is 9.53 Å². The number of carbonyl (C=O) groups is 1. The van der Waals surface area contributed by atoms with Crippen molar-refractivity contribution in [2.45, 2.75) is 32.3 Å². The molecule has 2 aliphatic rings. The van der Waals surface area contributed by atoms with Crippen molar-refractivity contribution in [1.82, 2.24) is 10.2 Å². The molecular weight excluding hydrogens is 204 g/mol. The molecule has 0 radical (unpaired) electrons. The fourth-order valence-electron chi connectivity index (χ4n) is 2.09. The maximum Gasteiger partial charge on any atom is 0.234 e. The van der Waals surface area contributed by atoms with Gasteiger partial charge < -0.3 is 10.1 Å². The molecule has 1 amide bonds. The van der Waals surface area contributed by atoms with Crippen molar-refractivity contribution in [3.05, 3.63) is 0 Å². The van der Waals surface area contributed by atoms with Gasteiger partial charge in [-0.3, -0.25) is 9.69 Å². The molecule has 1 heterocycles. The largest absolute Gasteiger partial charge is 0.373 e. The summed E-state index contributed by atoms with van der Waals surface area (Å²) in [5.74, 6) is 0.912. The average Bonchev–Trinajstić information content (AvgIpc) is 2.96. The van der Waals surface area contributed by atoms with Crippen molar-refractivity contribution in [1.29, 1.82) is 0 Å². The lowest BCUT2D eigenvalue weighted by molar-refractivity contribution is -0.127. The zero-order chi connectivity index (χ0) is 11.6. The predicted molar refractivity (Wildman–Crippen MR) is 62.2 cm³/mol. The van der Waals surface area contributed by atoms with Crippen LogP contribution >= 0.6 is 0 Å². The first kappa shape index (κ1) is 11.9. The maximum absolute atomic E-state index is 11.7. The van der Waals surface area contributed by atoms with E-state index in [1.165, 1.54) is 12.8 Å². The van der Waals surface area contributed by atoms with Crippen molar-refractivity contribution in [3.8, 4) is 0 Å². The van der Waals surface area contributed by atoms with Gasteiger partial charge in [0.25, 0.3) is 0 Å². The van der Waals surface area contributed by atoms with Crippen molar-refractivity contribution >= 4 is 5.91 Å². The van der Waals surface area contributed by atoms with Gasteiger partial charge in [-0.1, -0.05) is 0 Å². The second-order valence-corrected chi connectivity index (χ2v) is 5.57. The van der Waals surface area contributed by atoms with Crippen LogP contribution in [0.4, 0.5) is 0 Å². The molecule has 16 heavy (non-hydrogen) atoms. The standard InChI is InChI=1S/C12H22N2O2/c1-12(2)9-14(5-6-16-12)8-11(15)13-7-10-3-4-10/h10H,3-9H2,1-2H3,(H,13,15). The Morgan fingerprint density at radius 3 is 2.88 bits per heavy atom. The van der Waals surface area contributed by atoms with Gasteiger partial charge in [0.05, 0.1) is 18.8 Å². The minimum absolute atomic E-state index is 0.116. The molecule has 0 aromatic heterocycles. The number of rotatable bonds is 4. The van der Waals surface area contributed by atoms with Gasteiger partial charge in [0.1, 0.15) is 0 Å². The number of ether oxygens (including phenoxy) is 1. The summed E-state index contributed by atoms with van der Waals surface area (Å²) in [6.45, 7) is 7.95. The molecule has 0 aromatic carbocycles. The normalized spacial score (nSPS) is 25.4. The molecule has 0 unspecified atom stereocenters. The SMILES string of the molecule is CC1(C)CN(CC(=O)NCC2CC2)CCO1. The lowest BCUT2D eigenvalue weighted by Crippen LogP contribution is -2.51. The van der Waals surface area contributed by atoms with Crippen LogP contribution in [0.1, 0.15) is 26.7 Å². The number of carbonyl (C=O) groups excluding carboxylic acids is 1. The molecule has 4 nitrogen and oxygen atoms in total. The third-order valence-corrected chi connectivity index (χ3v) is 3.16. The number of hydrogen-bond acceptors (Lipinski definition) is 3. The van der Waals surface area contributed by atoms with Gasteiger partial charge in [0.15, 0.2) is 0 Å². The van der Waals surface area contributed by atoms with Gasteiger partial charge in [-0.25, -0.2) is 0 Å². The summed E-state index contributed by atoms with van der Waals surface area (Å²) in [6.07, 6.45) is 2.57. The Labute approximate surface area is 97.3 Å². The van der Waals surface area contributed by atoms with Crippen molar-refractivity contribution < 1.29 is 9.53 Å². The highest BCUT2D eigenvalue weighted by molar-refractivity contribution is 5.78. The topological polar surface area (TPSA) is 41.6 Å². The van der Waals surface area contributed by atoms with E-state index < -0.39 is 0 Å². The fourth-order valence-corrected chi connectivity index (χ4v) is 2.09. The molecule has 4 heteroatoms. The van der Waals surface area contributed by atoms with Gasteiger partial charge in [-0.2, -0.15) is 0 Å². The summed E-state index contributed by atoms with van der Waals surface area (Å²) in [7, 11) is 0. The number of amides is 1. The summed E-state index contributed by atoms with van der Waals surface area (Å²) in [4.78, 5) is 13.8. The Bertz CT molecular complexity index is 262. The molecule has 0 aromatic rings. The fraction of sp³-hybridized carbons (Fsp3) is 0.917. The van der Waals surface area contributed by atoms with E-state index in [-0.39, 0.29) is 11.5 Å². The Hall–Kier alpha value is -0.610. The minimum Gasteiger partial charge on any atom is -0.373 e. The maximum atomic E-state index is 11.7. The second-order valence-electron chi connectivity index (χ2n) is 5.57. The zero-order valence-corrected chi connectivity index (χ0v) is 10.3. The number of morpholine rings is 1. The molecule has 0 bridgehead atoms. The Balaban J connectivity index is 1.68. The summed E-state index contributed by atoms with van der Waals surface area (Å²) >= 11 is 0. The van der Waals surface area contributed by atoms with Crippen molar-refractivity contribution in [2.75, 3.05) is 32.8 Å². The third kappa shape index (κ3) is 3.76. The van der Waals surface area contributed by atoms with E-state index in [1.54, 1.807) is 0 Å². The van der Waals surface area contributed by atoms with Gasteiger partial charge in [-0.05, 0) is 32.6 Å². The first-order valence-corrected chi connectivity index (χ1v) is 6.18. The third-order valence-electron chi connectivity index (χ3n) is 3.16. The first-order chi connectivity index (χ1) is 7.55. The second kappa shape index (κ2) is 4.72. The van der Waals surface area contributed by atoms with Crippen LogP contribution < -0.4 is 5.32 Å². The van der Waals surface area contributed by atoms with Gasteiger partial charge in [0, 0.05) is 19.6 Å². The van der Waals surface area contributed by atoms with Gasteiger partial charge >= 0.3 is 0 Å². The average molecular weight is 226 g/mol.